The quantitative estimate of drug-likeness (QED) is 0.390. The van der Waals surface area contributed by atoms with Crippen molar-refractivity contribution < 1.29 is 19.1 Å². The first-order valence-electron chi connectivity index (χ1n) is 8.14. The van der Waals surface area contributed by atoms with Crippen molar-refractivity contribution in [2.75, 3.05) is 5.01 Å². The van der Waals surface area contributed by atoms with Crippen LogP contribution in [0.4, 0.5) is 10.6 Å². The highest BCUT2D eigenvalue weighted by atomic mass is 16.6. The smallest absolute Gasteiger partial charge is 0.430 e. The minimum Gasteiger partial charge on any atom is -0.455 e. The molecule has 1 aromatic carbocycles. The zero-order chi connectivity index (χ0) is 19.3. The number of carbonyl (C=O) groups is 2. The summed E-state index contributed by atoms with van der Waals surface area (Å²) in [5.41, 5.74) is 0.866. The molecule has 0 aliphatic rings. The summed E-state index contributed by atoms with van der Waals surface area (Å²) < 4.78 is 10.5. The molecule has 0 fully saturated rings. The second-order valence-corrected chi connectivity index (χ2v) is 6.75. The molecule has 0 spiro atoms. The molecule has 138 valence electrons. The summed E-state index contributed by atoms with van der Waals surface area (Å²) in [6, 6.07) is 12.4. The summed E-state index contributed by atoms with van der Waals surface area (Å²) in [6.45, 7) is 7.09. The molecule has 7 heteroatoms. The predicted molar refractivity (Wildman–Crippen MR) is 97.4 cm³/mol. The van der Waals surface area contributed by atoms with Crippen molar-refractivity contribution in [3.63, 3.8) is 0 Å². The molecule has 26 heavy (non-hydrogen) atoms. The number of benzene rings is 1. The minimum atomic E-state index is -0.772. The van der Waals surface area contributed by atoms with Gasteiger partial charge in [0.2, 0.25) is 0 Å². The van der Waals surface area contributed by atoms with E-state index in [4.69, 9.17) is 15.3 Å². The standard InChI is InChI=1S/C19H23N3O4/c1-13-10-11-15(17(23)26-19(2,3)4)21-16(13)22(20)18(24)25-12-14-8-6-5-7-9-14/h5-11H,12,20H2,1-4H3. The number of anilines is 1. The van der Waals surface area contributed by atoms with Gasteiger partial charge >= 0.3 is 12.1 Å². The fourth-order valence-corrected chi connectivity index (χ4v) is 2.08. The van der Waals surface area contributed by atoms with E-state index in [2.05, 4.69) is 4.98 Å². The van der Waals surface area contributed by atoms with Crippen LogP contribution in [0.2, 0.25) is 0 Å². The zero-order valence-electron chi connectivity index (χ0n) is 15.4. The van der Waals surface area contributed by atoms with Crippen LogP contribution >= 0.6 is 0 Å². The molecule has 1 heterocycles. The molecule has 0 bridgehead atoms. The largest absolute Gasteiger partial charge is 0.455 e. The lowest BCUT2D eigenvalue weighted by Gasteiger charge is -2.21. The first kappa shape index (κ1) is 19.4. The van der Waals surface area contributed by atoms with Crippen LogP contribution in [0.5, 0.6) is 0 Å². The van der Waals surface area contributed by atoms with E-state index in [0.717, 1.165) is 10.6 Å². The average molecular weight is 357 g/mol. The van der Waals surface area contributed by atoms with Crippen molar-refractivity contribution in [1.82, 2.24) is 4.98 Å². The predicted octanol–water partition coefficient (Wildman–Crippen LogP) is 3.36. The summed E-state index contributed by atoms with van der Waals surface area (Å²) in [5.74, 6) is 5.38. The highest BCUT2D eigenvalue weighted by Crippen LogP contribution is 2.18. The van der Waals surface area contributed by atoms with Gasteiger partial charge in [-0.15, -0.1) is 0 Å². The van der Waals surface area contributed by atoms with Crippen LogP contribution in [0.25, 0.3) is 0 Å². The van der Waals surface area contributed by atoms with Gasteiger partial charge in [0.1, 0.15) is 12.2 Å². The van der Waals surface area contributed by atoms with Crippen molar-refractivity contribution in [1.29, 1.82) is 0 Å². The molecule has 0 atom stereocenters. The highest BCUT2D eigenvalue weighted by Gasteiger charge is 2.22. The number of carbonyl (C=O) groups excluding carboxylic acids is 2. The Morgan fingerprint density at radius 1 is 1.12 bits per heavy atom. The lowest BCUT2D eigenvalue weighted by Crippen LogP contribution is -2.39. The summed E-state index contributed by atoms with van der Waals surface area (Å²) in [7, 11) is 0. The van der Waals surface area contributed by atoms with Crippen molar-refractivity contribution in [3.8, 4) is 0 Å². The number of nitrogens with zero attached hydrogens (tertiary/aromatic N) is 2. The van der Waals surface area contributed by atoms with Crippen molar-refractivity contribution in [3.05, 3.63) is 59.3 Å². The van der Waals surface area contributed by atoms with E-state index in [1.807, 2.05) is 30.3 Å². The van der Waals surface area contributed by atoms with Crippen LogP contribution in [0, 0.1) is 6.92 Å². The van der Waals surface area contributed by atoms with Gasteiger partial charge < -0.3 is 9.47 Å². The second kappa shape index (κ2) is 7.97. The molecule has 1 aromatic heterocycles. The Balaban J connectivity index is 2.12. The summed E-state index contributed by atoms with van der Waals surface area (Å²) in [6.07, 6.45) is -0.772. The fourth-order valence-electron chi connectivity index (χ4n) is 2.08. The minimum absolute atomic E-state index is 0.0619. The number of hydrazine groups is 1. The summed E-state index contributed by atoms with van der Waals surface area (Å²) >= 11 is 0. The van der Waals surface area contributed by atoms with E-state index in [-0.39, 0.29) is 18.1 Å². The van der Waals surface area contributed by atoms with Crippen LogP contribution in [0.15, 0.2) is 42.5 Å². The second-order valence-electron chi connectivity index (χ2n) is 6.75. The topological polar surface area (TPSA) is 94.8 Å². The normalized spacial score (nSPS) is 11.0. The number of esters is 1. The third-order valence-corrected chi connectivity index (χ3v) is 3.31. The van der Waals surface area contributed by atoms with E-state index in [1.165, 1.54) is 6.07 Å². The fraction of sp³-hybridized carbons (Fsp3) is 0.316. The van der Waals surface area contributed by atoms with Gasteiger partial charge in [-0.25, -0.2) is 20.4 Å². The Morgan fingerprint density at radius 2 is 1.77 bits per heavy atom. The number of pyridine rings is 1. The van der Waals surface area contributed by atoms with E-state index >= 15 is 0 Å². The van der Waals surface area contributed by atoms with E-state index in [0.29, 0.717) is 5.56 Å². The molecule has 0 aliphatic heterocycles. The van der Waals surface area contributed by atoms with Crippen molar-refractivity contribution in [2.24, 2.45) is 5.84 Å². The van der Waals surface area contributed by atoms with Crippen molar-refractivity contribution in [2.45, 2.75) is 39.9 Å². The molecule has 1 amide bonds. The Bertz CT molecular complexity index is 785. The van der Waals surface area contributed by atoms with Crippen molar-refractivity contribution >= 4 is 17.9 Å². The van der Waals surface area contributed by atoms with Crippen LogP contribution in [-0.2, 0) is 16.1 Å². The highest BCUT2D eigenvalue weighted by molar-refractivity contribution is 5.90. The molecular formula is C19H23N3O4. The van der Waals surface area contributed by atoms with Crippen LogP contribution in [0.1, 0.15) is 42.4 Å². The Kier molecular flexibility index (Phi) is 5.94. The molecule has 0 aliphatic carbocycles. The van der Waals surface area contributed by atoms with Gasteiger partial charge in [-0.05, 0) is 44.9 Å². The number of ether oxygens (including phenoxy) is 2. The molecule has 0 saturated carbocycles. The molecular weight excluding hydrogens is 334 g/mol. The van der Waals surface area contributed by atoms with Crippen LogP contribution in [-0.4, -0.2) is 22.6 Å². The van der Waals surface area contributed by atoms with Gasteiger partial charge in [0.05, 0.1) is 0 Å². The van der Waals surface area contributed by atoms with Gasteiger partial charge in [0.25, 0.3) is 0 Å². The lowest BCUT2D eigenvalue weighted by molar-refractivity contribution is 0.00628. The van der Waals surface area contributed by atoms with E-state index in [9.17, 15) is 9.59 Å². The molecule has 0 radical (unpaired) electrons. The first-order chi connectivity index (χ1) is 12.2. The number of hydrogen-bond acceptors (Lipinski definition) is 6. The number of amides is 1. The zero-order valence-corrected chi connectivity index (χ0v) is 15.4. The SMILES string of the molecule is Cc1ccc(C(=O)OC(C)(C)C)nc1N(N)C(=O)OCc1ccccc1. The number of aromatic nitrogens is 1. The molecule has 2 rings (SSSR count). The van der Waals surface area contributed by atoms with E-state index in [1.54, 1.807) is 33.8 Å². The molecule has 0 unspecified atom stereocenters. The van der Waals surface area contributed by atoms with Gasteiger partial charge in [0, 0.05) is 0 Å². The molecule has 2 N–H and O–H groups in total. The molecule has 0 saturated heterocycles. The number of nitrogens with two attached hydrogens (primary N) is 1. The summed E-state index contributed by atoms with van der Waals surface area (Å²) in [5, 5.41) is 0.784. The number of aryl methyl sites for hydroxylation is 1. The number of hydrogen-bond donors (Lipinski definition) is 1. The van der Waals surface area contributed by atoms with Gasteiger partial charge in [0.15, 0.2) is 11.5 Å². The maximum Gasteiger partial charge on any atom is 0.430 e. The lowest BCUT2D eigenvalue weighted by atomic mass is 10.2. The number of rotatable bonds is 4. The van der Waals surface area contributed by atoms with Crippen LogP contribution in [0.3, 0.4) is 0 Å². The Hall–Kier alpha value is -2.93. The van der Waals surface area contributed by atoms with Gasteiger partial charge in [-0.2, -0.15) is 5.01 Å². The Morgan fingerprint density at radius 3 is 2.38 bits per heavy atom. The van der Waals surface area contributed by atoms with Gasteiger partial charge in [-0.1, -0.05) is 36.4 Å². The van der Waals surface area contributed by atoms with E-state index < -0.39 is 17.7 Å². The monoisotopic (exact) mass is 357 g/mol. The third-order valence-electron chi connectivity index (χ3n) is 3.31. The third kappa shape index (κ3) is 5.29. The summed E-state index contributed by atoms with van der Waals surface area (Å²) in [4.78, 5) is 28.5. The first-order valence-corrected chi connectivity index (χ1v) is 8.14. The molecule has 7 nitrogen and oxygen atoms in total. The van der Waals surface area contributed by atoms with Crippen LogP contribution < -0.4 is 10.9 Å². The Labute approximate surface area is 152 Å². The maximum atomic E-state index is 12.2. The van der Waals surface area contributed by atoms with Gasteiger partial charge in [-0.3, -0.25) is 0 Å². The average Bonchev–Trinajstić information content (AvgIpc) is 2.58. The molecule has 2 aromatic rings. The maximum absolute atomic E-state index is 12.2.